The van der Waals surface area contributed by atoms with Crippen molar-refractivity contribution >= 4 is 38.0 Å². The molecule has 188 valence electrons. The van der Waals surface area contributed by atoms with Gasteiger partial charge in [-0.05, 0) is 63.1 Å². The fourth-order valence-corrected chi connectivity index (χ4v) is 6.07. The van der Waals surface area contributed by atoms with E-state index < -0.39 is 9.84 Å². The number of benzene rings is 3. The minimum atomic E-state index is -3.61. The maximum Gasteiger partial charge on any atom is 0.244 e. The van der Waals surface area contributed by atoms with Crippen LogP contribution in [0.25, 0.3) is 10.9 Å². The van der Waals surface area contributed by atoms with Crippen molar-refractivity contribution in [3.05, 3.63) is 89.6 Å². The number of carbonyl (C=O) groups is 1. The lowest BCUT2D eigenvalue weighted by atomic mass is 10.1. The maximum absolute atomic E-state index is 13.4. The summed E-state index contributed by atoms with van der Waals surface area (Å²) in [7, 11) is -3.61. The van der Waals surface area contributed by atoms with Crippen molar-refractivity contribution in [1.29, 1.82) is 0 Å². The average Bonchev–Trinajstić information content (AvgIpc) is 3.22. The van der Waals surface area contributed by atoms with Gasteiger partial charge in [0.25, 0.3) is 0 Å². The number of nitrogens with zero attached hydrogens (tertiary/aromatic N) is 2. The number of sulfone groups is 1. The topological polar surface area (TPSA) is 71.4 Å². The molecule has 1 heterocycles. The summed E-state index contributed by atoms with van der Waals surface area (Å²) in [6, 6.07) is 20.8. The molecule has 0 fully saturated rings. The summed E-state index contributed by atoms with van der Waals surface area (Å²) in [6.45, 7) is 10.0. The Kier molecular flexibility index (Phi) is 7.50. The first-order valence-corrected chi connectivity index (χ1v) is 13.9. The van der Waals surface area contributed by atoms with Gasteiger partial charge in [0.1, 0.15) is 6.54 Å². The summed E-state index contributed by atoms with van der Waals surface area (Å²) in [6.07, 6.45) is 1.59. The molecule has 0 bridgehead atoms. The number of para-hydroxylation sites is 1. The summed E-state index contributed by atoms with van der Waals surface area (Å²) in [4.78, 5) is 15.5. The molecule has 0 unspecified atom stereocenters. The van der Waals surface area contributed by atoms with Gasteiger partial charge in [-0.3, -0.25) is 4.79 Å². The van der Waals surface area contributed by atoms with Gasteiger partial charge in [0.05, 0.1) is 10.6 Å². The largest absolute Gasteiger partial charge is 0.372 e. The smallest absolute Gasteiger partial charge is 0.244 e. The molecule has 1 amide bonds. The van der Waals surface area contributed by atoms with E-state index in [1.165, 1.54) is 0 Å². The number of hydrogen-bond donors (Lipinski definition) is 1. The Bertz CT molecular complexity index is 1480. The molecule has 7 heteroatoms. The fraction of sp³-hybridized carbons (Fsp3) is 0.276. The molecule has 1 N–H and O–H groups in total. The van der Waals surface area contributed by atoms with E-state index in [0.29, 0.717) is 10.9 Å². The zero-order chi connectivity index (χ0) is 25.9. The molecule has 0 aliphatic rings. The molecular formula is C29H33N3O3S. The van der Waals surface area contributed by atoms with Gasteiger partial charge in [-0.15, -0.1) is 0 Å². The molecule has 1 aromatic heterocycles. The number of aryl methyl sites for hydroxylation is 2. The zero-order valence-electron chi connectivity index (χ0n) is 21.3. The second kappa shape index (κ2) is 10.6. The van der Waals surface area contributed by atoms with Gasteiger partial charge in [-0.25, -0.2) is 8.42 Å². The number of aromatic nitrogens is 1. The summed E-state index contributed by atoms with van der Waals surface area (Å²) < 4.78 is 28.4. The van der Waals surface area contributed by atoms with Gasteiger partial charge in [0.15, 0.2) is 9.84 Å². The lowest BCUT2D eigenvalue weighted by Crippen LogP contribution is -2.22. The normalized spacial score (nSPS) is 11.6. The summed E-state index contributed by atoms with van der Waals surface area (Å²) in [5.41, 5.74) is 5.38. The minimum absolute atomic E-state index is 0.0117. The van der Waals surface area contributed by atoms with E-state index in [1.54, 1.807) is 16.8 Å². The van der Waals surface area contributed by atoms with Crippen LogP contribution in [0.2, 0.25) is 0 Å². The first-order valence-electron chi connectivity index (χ1n) is 12.2. The van der Waals surface area contributed by atoms with Crippen molar-refractivity contribution in [2.45, 2.75) is 44.9 Å². The third-order valence-corrected chi connectivity index (χ3v) is 8.20. The number of carbonyl (C=O) groups excluding carboxylic acids is 1. The van der Waals surface area contributed by atoms with Crippen molar-refractivity contribution in [2.24, 2.45) is 0 Å². The Morgan fingerprint density at radius 1 is 0.944 bits per heavy atom. The van der Waals surface area contributed by atoms with Crippen LogP contribution >= 0.6 is 0 Å². The highest BCUT2D eigenvalue weighted by atomic mass is 32.2. The number of rotatable bonds is 9. The van der Waals surface area contributed by atoms with Crippen LogP contribution in [0.15, 0.2) is 77.8 Å². The van der Waals surface area contributed by atoms with Gasteiger partial charge in [-0.1, -0.05) is 48.0 Å². The van der Waals surface area contributed by atoms with Crippen LogP contribution in [0.4, 0.5) is 11.4 Å². The number of amides is 1. The number of nitrogens with one attached hydrogen (secondary N) is 1. The third-order valence-electron chi connectivity index (χ3n) is 6.49. The molecule has 0 aliphatic carbocycles. The monoisotopic (exact) mass is 503 g/mol. The standard InChI is InChI=1S/C29H33N3O3S/c1-5-31(6-2)24-15-16-26(22(4)17-24)30-29(33)19-32-18-28(25-9-7-8-10-27(25)32)36(34,35)20-23-13-11-21(3)12-14-23/h7-18H,5-6,19-20H2,1-4H3,(H,30,33). The molecule has 6 nitrogen and oxygen atoms in total. The molecule has 0 saturated carbocycles. The van der Waals surface area contributed by atoms with E-state index in [9.17, 15) is 13.2 Å². The fourth-order valence-electron chi connectivity index (χ4n) is 4.49. The molecule has 3 aromatic carbocycles. The molecule has 0 spiro atoms. The lowest BCUT2D eigenvalue weighted by Gasteiger charge is -2.22. The summed E-state index contributed by atoms with van der Waals surface area (Å²) in [5.74, 6) is -0.303. The Morgan fingerprint density at radius 2 is 1.64 bits per heavy atom. The Hall–Kier alpha value is -3.58. The van der Waals surface area contributed by atoms with Gasteiger partial charge in [-0.2, -0.15) is 0 Å². The summed E-state index contributed by atoms with van der Waals surface area (Å²) >= 11 is 0. The first-order chi connectivity index (χ1) is 17.2. The zero-order valence-corrected chi connectivity index (χ0v) is 22.1. The number of hydrogen-bond acceptors (Lipinski definition) is 4. The first kappa shape index (κ1) is 25.5. The minimum Gasteiger partial charge on any atom is -0.372 e. The van der Waals surface area contributed by atoms with Crippen LogP contribution in [0, 0.1) is 13.8 Å². The molecule has 4 aromatic rings. The predicted octanol–water partition coefficient (Wildman–Crippen LogP) is 5.72. The van der Waals surface area contributed by atoms with E-state index in [1.807, 2.05) is 68.4 Å². The third kappa shape index (κ3) is 5.46. The molecular weight excluding hydrogens is 470 g/mol. The molecule has 0 saturated heterocycles. The van der Waals surface area contributed by atoms with Crippen LogP contribution in [-0.2, 0) is 26.9 Å². The molecule has 4 rings (SSSR count). The van der Waals surface area contributed by atoms with Crippen LogP contribution in [0.3, 0.4) is 0 Å². The van der Waals surface area contributed by atoms with Crippen LogP contribution < -0.4 is 10.2 Å². The molecule has 0 radical (unpaired) electrons. The van der Waals surface area contributed by atoms with E-state index in [2.05, 4.69) is 30.1 Å². The lowest BCUT2D eigenvalue weighted by molar-refractivity contribution is -0.116. The van der Waals surface area contributed by atoms with Crippen molar-refractivity contribution in [3.8, 4) is 0 Å². The van der Waals surface area contributed by atoms with Crippen LogP contribution in [0.1, 0.15) is 30.5 Å². The van der Waals surface area contributed by atoms with E-state index in [-0.39, 0.29) is 23.1 Å². The van der Waals surface area contributed by atoms with E-state index >= 15 is 0 Å². The van der Waals surface area contributed by atoms with Crippen LogP contribution in [0.5, 0.6) is 0 Å². The number of anilines is 2. The highest BCUT2D eigenvalue weighted by molar-refractivity contribution is 7.90. The summed E-state index contributed by atoms with van der Waals surface area (Å²) in [5, 5.41) is 3.61. The molecule has 0 aliphatic heterocycles. The SMILES string of the molecule is CCN(CC)c1ccc(NC(=O)Cn2cc(S(=O)(=O)Cc3ccc(C)cc3)c3ccccc32)c(C)c1. The highest BCUT2D eigenvalue weighted by Crippen LogP contribution is 2.29. The number of fused-ring (bicyclic) bond motifs is 1. The molecule has 36 heavy (non-hydrogen) atoms. The Morgan fingerprint density at radius 3 is 2.31 bits per heavy atom. The van der Waals surface area contributed by atoms with Crippen LogP contribution in [-0.4, -0.2) is 32.0 Å². The van der Waals surface area contributed by atoms with Gasteiger partial charge in [0, 0.05) is 41.6 Å². The average molecular weight is 504 g/mol. The van der Waals surface area contributed by atoms with Crippen molar-refractivity contribution in [2.75, 3.05) is 23.3 Å². The highest BCUT2D eigenvalue weighted by Gasteiger charge is 2.22. The second-order valence-corrected chi connectivity index (χ2v) is 11.1. The maximum atomic E-state index is 13.4. The van der Waals surface area contributed by atoms with Gasteiger partial charge < -0.3 is 14.8 Å². The predicted molar refractivity (Wildman–Crippen MR) is 147 cm³/mol. The van der Waals surface area contributed by atoms with E-state index in [0.717, 1.165) is 41.2 Å². The quantitative estimate of drug-likeness (QED) is 0.317. The Labute approximate surface area is 213 Å². The van der Waals surface area contributed by atoms with Crippen molar-refractivity contribution in [3.63, 3.8) is 0 Å². The van der Waals surface area contributed by atoms with Gasteiger partial charge in [0.2, 0.25) is 5.91 Å². The Balaban J connectivity index is 1.58. The van der Waals surface area contributed by atoms with E-state index in [4.69, 9.17) is 0 Å². The van der Waals surface area contributed by atoms with Crippen molar-refractivity contribution in [1.82, 2.24) is 4.57 Å². The van der Waals surface area contributed by atoms with Gasteiger partial charge >= 0.3 is 0 Å². The molecule has 0 atom stereocenters. The van der Waals surface area contributed by atoms with Crippen molar-refractivity contribution < 1.29 is 13.2 Å². The second-order valence-electron chi connectivity index (χ2n) is 9.10.